The number of furan rings is 1. The zero-order chi connectivity index (χ0) is 11.5. The maximum atomic E-state index is 5.70. The first-order chi connectivity index (χ1) is 7.66. The molecule has 0 spiro atoms. The molecule has 0 radical (unpaired) electrons. The van der Waals surface area contributed by atoms with Crippen molar-refractivity contribution in [2.45, 2.75) is 13.5 Å². The molecule has 0 atom stereocenters. The Labute approximate surface area is 108 Å². The molecule has 0 unspecified atom stereocenters. The standard InChI is InChI=1S/C12H11BrClNO/c1-8-10(13)3-2-4-11(8)15-7-9-5-6-12(14)16-9/h2-6,15H,7H2,1H3. The Morgan fingerprint density at radius 1 is 1.31 bits per heavy atom. The van der Waals surface area contributed by atoms with E-state index in [1.165, 1.54) is 5.56 Å². The third-order valence-corrected chi connectivity index (χ3v) is 3.41. The molecule has 1 heterocycles. The highest BCUT2D eigenvalue weighted by Crippen LogP contribution is 2.24. The molecule has 16 heavy (non-hydrogen) atoms. The van der Waals surface area contributed by atoms with Gasteiger partial charge in [-0.15, -0.1) is 0 Å². The number of rotatable bonds is 3. The van der Waals surface area contributed by atoms with Gasteiger partial charge >= 0.3 is 0 Å². The van der Waals surface area contributed by atoms with E-state index in [-0.39, 0.29) is 0 Å². The van der Waals surface area contributed by atoms with Crippen LogP contribution in [0.15, 0.2) is 39.2 Å². The van der Waals surface area contributed by atoms with Crippen molar-refractivity contribution in [2.75, 3.05) is 5.32 Å². The molecule has 0 saturated heterocycles. The summed E-state index contributed by atoms with van der Waals surface area (Å²) in [7, 11) is 0. The Hall–Kier alpha value is -0.930. The van der Waals surface area contributed by atoms with Crippen LogP contribution in [-0.4, -0.2) is 0 Å². The molecule has 2 nitrogen and oxygen atoms in total. The van der Waals surface area contributed by atoms with Crippen LogP contribution in [0.3, 0.4) is 0 Å². The van der Waals surface area contributed by atoms with E-state index in [0.717, 1.165) is 15.9 Å². The molecular formula is C12H11BrClNO. The average Bonchev–Trinajstić information content (AvgIpc) is 2.67. The van der Waals surface area contributed by atoms with Gasteiger partial charge in [0.2, 0.25) is 0 Å². The molecule has 0 aliphatic rings. The van der Waals surface area contributed by atoms with E-state index in [0.29, 0.717) is 11.8 Å². The second-order valence-electron chi connectivity index (χ2n) is 3.47. The Balaban J connectivity index is 2.07. The van der Waals surface area contributed by atoms with E-state index in [4.69, 9.17) is 16.0 Å². The van der Waals surface area contributed by atoms with Crippen LogP contribution >= 0.6 is 27.5 Å². The zero-order valence-electron chi connectivity index (χ0n) is 8.76. The topological polar surface area (TPSA) is 25.2 Å². The fourth-order valence-corrected chi connectivity index (χ4v) is 1.96. The highest BCUT2D eigenvalue weighted by atomic mass is 79.9. The van der Waals surface area contributed by atoms with Crippen LogP contribution in [-0.2, 0) is 6.54 Å². The third kappa shape index (κ3) is 2.60. The second kappa shape index (κ2) is 4.93. The van der Waals surface area contributed by atoms with Gasteiger partial charge in [0, 0.05) is 10.2 Å². The minimum Gasteiger partial charge on any atom is -0.448 e. The minimum absolute atomic E-state index is 0.419. The number of hydrogen-bond donors (Lipinski definition) is 1. The van der Waals surface area contributed by atoms with E-state index in [2.05, 4.69) is 28.2 Å². The monoisotopic (exact) mass is 299 g/mol. The fourth-order valence-electron chi connectivity index (χ4n) is 1.43. The summed E-state index contributed by atoms with van der Waals surface area (Å²) in [5.74, 6) is 0.823. The van der Waals surface area contributed by atoms with Crippen LogP contribution in [0.5, 0.6) is 0 Å². The molecule has 0 saturated carbocycles. The van der Waals surface area contributed by atoms with Crippen molar-refractivity contribution in [3.05, 3.63) is 51.3 Å². The summed E-state index contributed by atoms with van der Waals surface area (Å²) in [6.07, 6.45) is 0. The lowest BCUT2D eigenvalue weighted by molar-refractivity contribution is 0.520. The van der Waals surface area contributed by atoms with Gasteiger partial charge in [-0.1, -0.05) is 22.0 Å². The minimum atomic E-state index is 0.419. The molecule has 2 aromatic rings. The van der Waals surface area contributed by atoms with Crippen molar-refractivity contribution in [3.63, 3.8) is 0 Å². The van der Waals surface area contributed by atoms with Gasteiger partial charge in [0.05, 0.1) is 6.54 Å². The molecule has 0 aliphatic carbocycles. The van der Waals surface area contributed by atoms with Gasteiger partial charge in [-0.3, -0.25) is 0 Å². The van der Waals surface area contributed by atoms with E-state index in [1.807, 2.05) is 24.3 Å². The van der Waals surface area contributed by atoms with Crippen LogP contribution in [0.2, 0.25) is 5.22 Å². The zero-order valence-corrected chi connectivity index (χ0v) is 11.1. The predicted molar refractivity (Wildman–Crippen MR) is 69.9 cm³/mol. The largest absolute Gasteiger partial charge is 0.448 e. The second-order valence-corrected chi connectivity index (χ2v) is 4.70. The quantitative estimate of drug-likeness (QED) is 0.895. The molecule has 2 rings (SSSR count). The number of anilines is 1. The summed E-state index contributed by atoms with van der Waals surface area (Å²) in [4.78, 5) is 0. The number of benzene rings is 1. The molecule has 0 aliphatic heterocycles. The number of halogens is 2. The molecule has 84 valence electrons. The maximum absolute atomic E-state index is 5.70. The van der Waals surface area contributed by atoms with Gasteiger partial charge in [-0.25, -0.2) is 0 Å². The first-order valence-electron chi connectivity index (χ1n) is 4.90. The van der Waals surface area contributed by atoms with Crippen LogP contribution in [0, 0.1) is 6.92 Å². The summed E-state index contributed by atoms with van der Waals surface area (Å²) in [6, 6.07) is 9.65. The summed E-state index contributed by atoms with van der Waals surface area (Å²) in [5, 5.41) is 3.72. The van der Waals surface area contributed by atoms with E-state index in [1.54, 1.807) is 6.07 Å². The predicted octanol–water partition coefficient (Wildman–Crippen LogP) is 4.62. The highest BCUT2D eigenvalue weighted by Gasteiger charge is 2.03. The summed E-state index contributed by atoms with van der Waals surface area (Å²) in [5.41, 5.74) is 2.27. The number of nitrogens with one attached hydrogen (secondary N) is 1. The molecule has 1 N–H and O–H groups in total. The molecule has 0 fully saturated rings. The summed E-state index contributed by atoms with van der Waals surface area (Å²) in [6.45, 7) is 2.69. The third-order valence-electron chi connectivity index (χ3n) is 2.35. The summed E-state index contributed by atoms with van der Waals surface area (Å²) >= 11 is 9.19. The molecule has 0 amide bonds. The van der Waals surface area contributed by atoms with Crippen molar-refractivity contribution in [1.82, 2.24) is 0 Å². The highest BCUT2D eigenvalue weighted by molar-refractivity contribution is 9.10. The Morgan fingerprint density at radius 2 is 2.12 bits per heavy atom. The van der Waals surface area contributed by atoms with E-state index >= 15 is 0 Å². The lowest BCUT2D eigenvalue weighted by Crippen LogP contribution is -2.00. The van der Waals surface area contributed by atoms with Gasteiger partial charge in [0.25, 0.3) is 0 Å². The Bertz CT molecular complexity index is 496. The fraction of sp³-hybridized carbons (Fsp3) is 0.167. The smallest absolute Gasteiger partial charge is 0.193 e. The molecule has 1 aromatic carbocycles. The van der Waals surface area contributed by atoms with Crippen molar-refractivity contribution in [1.29, 1.82) is 0 Å². The molecule has 1 aromatic heterocycles. The molecular weight excluding hydrogens is 289 g/mol. The lowest BCUT2D eigenvalue weighted by Gasteiger charge is -2.09. The normalized spacial score (nSPS) is 10.4. The lowest BCUT2D eigenvalue weighted by atomic mass is 10.2. The van der Waals surface area contributed by atoms with E-state index in [9.17, 15) is 0 Å². The summed E-state index contributed by atoms with van der Waals surface area (Å²) < 4.78 is 6.36. The van der Waals surface area contributed by atoms with Gasteiger partial charge in [-0.2, -0.15) is 0 Å². The van der Waals surface area contributed by atoms with Gasteiger partial charge in [-0.05, 0) is 48.4 Å². The Morgan fingerprint density at radius 3 is 2.81 bits per heavy atom. The van der Waals surface area contributed by atoms with Crippen molar-refractivity contribution < 1.29 is 4.42 Å². The first-order valence-corrected chi connectivity index (χ1v) is 6.07. The van der Waals surface area contributed by atoms with Gasteiger partial charge in [0.15, 0.2) is 5.22 Å². The maximum Gasteiger partial charge on any atom is 0.193 e. The molecule has 0 bridgehead atoms. The van der Waals surface area contributed by atoms with Crippen LogP contribution in [0.4, 0.5) is 5.69 Å². The van der Waals surface area contributed by atoms with E-state index < -0.39 is 0 Å². The first kappa shape index (κ1) is 11.6. The van der Waals surface area contributed by atoms with Crippen LogP contribution < -0.4 is 5.32 Å². The van der Waals surface area contributed by atoms with Crippen molar-refractivity contribution in [3.8, 4) is 0 Å². The Kier molecular flexibility index (Phi) is 3.56. The SMILES string of the molecule is Cc1c(Br)cccc1NCc1ccc(Cl)o1. The average molecular weight is 301 g/mol. The van der Waals surface area contributed by atoms with Gasteiger partial charge in [0.1, 0.15) is 5.76 Å². The van der Waals surface area contributed by atoms with Crippen LogP contribution in [0.25, 0.3) is 0 Å². The van der Waals surface area contributed by atoms with Gasteiger partial charge < -0.3 is 9.73 Å². The van der Waals surface area contributed by atoms with Crippen LogP contribution in [0.1, 0.15) is 11.3 Å². The van der Waals surface area contributed by atoms with Crippen molar-refractivity contribution >= 4 is 33.2 Å². The molecule has 4 heteroatoms. The number of hydrogen-bond acceptors (Lipinski definition) is 2. The van der Waals surface area contributed by atoms with Crippen molar-refractivity contribution in [2.24, 2.45) is 0 Å².